The minimum atomic E-state index is 0.375. The summed E-state index contributed by atoms with van der Waals surface area (Å²) in [7, 11) is 1.81. The average molecular weight is 229 g/mol. The van der Waals surface area contributed by atoms with Gasteiger partial charge >= 0.3 is 0 Å². The number of aromatic nitrogens is 2. The molecule has 0 spiro atoms. The SMILES string of the molecule is CCC(OC)C(CC[n+]1cc[nH]c1)SC. The molecule has 0 saturated heterocycles. The molecular formula is C11H21N2OS+. The summed E-state index contributed by atoms with van der Waals surface area (Å²) in [6, 6.07) is 0. The van der Waals surface area contributed by atoms with E-state index < -0.39 is 0 Å². The van der Waals surface area contributed by atoms with E-state index in [1.807, 2.05) is 24.3 Å². The van der Waals surface area contributed by atoms with Crippen LogP contribution in [-0.2, 0) is 11.3 Å². The number of nitrogens with zero attached hydrogens (tertiary/aromatic N) is 1. The second kappa shape index (κ2) is 6.90. The van der Waals surface area contributed by atoms with E-state index >= 15 is 0 Å². The van der Waals surface area contributed by atoms with Crippen LogP contribution in [-0.4, -0.2) is 29.7 Å². The molecule has 15 heavy (non-hydrogen) atoms. The van der Waals surface area contributed by atoms with Gasteiger partial charge in [0.1, 0.15) is 12.4 Å². The second-order valence-corrected chi connectivity index (χ2v) is 4.67. The first-order valence-electron chi connectivity index (χ1n) is 5.39. The van der Waals surface area contributed by atoms with Crippen molar-refractivity contribution in [1.82, 2.24) is 4.98 Å². The van der Waals surface area contributed by atoms with Gasteiger partial charge in [0.25, 0.3) is 0 Å². The van der Waals surface area contributed by atoms with Crippen LogP contribution in [0.4, 0.5) is 0 Å². The van der Waals surface area contributed by atoms with Crippen molar-refractivity contribution in [3.8, 4) is 0 Å². The lowest BCUT2D eigenvalue weighted by Gasteiger charge is -2.22. The number of H-pyrrole nitrogens is 1. The van der Waals surface area contributed by atoms with E-state index in [0.29, 0.717) is 11.4 Å². The van der Waals surface area contributed by atoms with Crippen LogP contribution in [0.2, 0.25) is 0 Å². The number of hydrogen-bond acceptors (Lipinski definition) is 2. The molecule has 1 N–H and O–H groups in total. The number of imidazole rings is 1. The molecule has 0 aliphatic heterocycles. The molecule has 1 aromatic heterocycles. The number of methoxy groups -OCH3 is 1. The number of aryl methyl sites for hydroxylation is 1. The maximum Gasteiger partial charge on any atom is 0.241 e. The summed E-state index contributed by atoms with van der Waals surface area (Å²) in [6.07, 6.45) is 10.8. The highest BCUT2D eigenvalue weighted by Gasteiger charge is 2.19. The Hall–Kier alpha value is -0.480. The molecule has 0 fully saturated rings. The summed E-state index contributed by atoms with van der Waals surface area (Å²) < 4.78 is 7.66. The number of rotatable bonds is 7. The molecule has 1 aromatic rings. The highest BCUT2D eigenvalue weighted by molar-refractivity contribution is 7.99. The van der Waals surface area contributed by atoms with Gasteiger partial charge in [-0.3, -0.25) is 4.98 Å². The van der Waals surface area contributed by atoms with Crippen LogP contribution in [0, 0.1) is 0 Å². The molecule has 4 heteroatoms. The first kappa shape index (κ1) is 12.6. The fourth-order valence-electron chi connectivity index (χ4n) is 1.77. The molecule has 0 aromatic carbocycles. The van der Waals surface area contributed by atoms with E-state index in [4.69, 9.17) is 4.74 Å². The summed E-state index contributed by atoms with van der Waals surface area (Å²) in [6.45, 7) is 3.23. The van der Waals surface area contributed by atoms with Crippen molar-refractivity contribution in [2.45, 2.75) is 37.7 Å². The number of ether oxygens (including phenoxy) is 1. The predicted octanol–water partition coefficient (Wildman–Crippen LogP) is 1.85. The highest BCUT2D eigenvalue weighted by Crippen LogP contribution is 2.19. The fourth-order valence-corrected chi connectivity index (χ4v) is 2.72. The van der Waals surface area contributed by atoms with Crippen LogP contribution < -0.4 is 4.57 Å². The Morgan fingerprint density at radius 1 is 1.53 bits per heavy atom. The lowest BCUT2D eigenvalue weighted by molar-refractivity contribution is -0.696. The van der Waals surface area contributed by atoms with Crippen molar-refractivity contribution in [2.75, 3.05) is 13.4 Å². The maximum absolute atomic E-state index is 5.48. The molecule has 0 aliphatic rings. The highest BCUT2D eigenvalue weighted by atomic mass is 32.2. The smallest absolute Gasteiger partial charge is 0.241 e. The molecule has 0 bridgehead atoms. The Balaban J connectivity index is 2.39. The van der Waals surface area contributed by atoms with Gasteiger partial charge in [0.15, 0.2) is 0 Å². The van der Waals surface area contributed by atoms with E-state index in [0.717, 1.165) is 19.4 Å². The molecule has 0 aliphatic carbocycles. The van der Waals surface area contributed by atoms with Crippen molar-refractivity contribution in [3.05, 3.63) is 18.7 Å². The Bertz CT molecular complexity index is 247. The standard InChI is InChI=1S/C11H20N2OS/c1-4-10(14-2)11(15-3)5-7-13-8-6-12-9-13/h6,8-11H,4-5,7H2,1-3H3/p+1. The second-order valence-electron chi connectivity index (χ2n) is 3.59. The zero-order chi connectivity index (χ0) is 11.1. The Kier molecular flexibility index (Phi) is 5.79. The van der Waals surface area contributed by atoms with Gasteiger partial charge in [-0.05, 0) is 19.1 Å². The van der Waals surface area contributed by atoms with Gasteiger partial charge in [-0.1, -0.05) is 6.92 Å². The van der Waals surface area contributed by atoms with Crippen molar-refractivity contribution >= 4 is 11.8 Å². The molecule has 86 valence electrons. The molecule has 0 saturated carbocycles. The zero-order valence-corrected chi connectivity index (χ0v) is 10.6. The Morgan fingerprint density at radius 2 is 2.33 bits per heavy atom. The van der Waals surface area contributed by atoms with E-state index in [1.165, 1.54) is 0 Å². The first-order chi connectivity index (χ1) is 7.31. The normalized spacial score (nSPS) is 15.1. The molecule has 0 radical (unpaired) electrons. The zero-order valence-electron chi connectivity index (χ0n) is 9.77. The number of aromatic amines is 1. The number of hydrogen-bond donors (Lipinski definition) is 1. The molecular weight excluding hydrogens is 208 g/mol. The third-order valence-electron chi connectivity index (χ3n) is 2.70. The van der Waals surface area contributed by atoms with Crippen LogP contribution in [0.15, 0.2) is 18.7 Å². The van der Waals surface area contributed by atoms with E-state index in [9.17, 15) is 0 Å². The van der Waals surface area contributed by atoms with Gasteiger partial charge in [0.05, 0.1) is 12.6 Å². The van der Waals surface area contributed by atoms with Crippen LogP contribution in [0.5, 0.6) is 0 Å². The van der Waals surface area contributed by atoms with Gasteiger partial charge in [0.2, 0.25) is 6.33 Å². The van der Waals surface area contributed by atoms with Crippen LogP contribution in [0.1, 0.15) is 19.8 Å². The minimum absolute atomic E-state index is 0.375. The van der Waals surface area contributed by atoms with E-state index in [2.05, 4.69) is 28.9 Å². The summed E-state index contributed by atoms with van der Waals surface area (Å²) >= 11 is 1.90. The van der Waals surface area contributed by atoms with E-state index in [1.54, 1.807) is 7.11 Å². The molecule has 1 rings (SSSR count). The maximum atomic E-state index is 5.48. The van der Waals surface area contributed by atoms with Gasteiger partial charge in [0, 0.05) is 12.4 Å². The summed E-state index contributed by atoms with van der Waals surface area (Å²) in [5, 5.41) is 0.586. The van der Waals surface area contributed by atoms with Gasteiger partial charge in [-0.2, -0.15) is 11.8 Å². The van der Waals surface area contributed by atoms with Crippen LogP contribution in [0.3, 0.4) is 0 Å². The summed E-state index contributed by atoms with van der Waals surface area (Å²) in [5.41, 5.74) is 0. The Morgan fingerprint density at radius 3 is 2.80 bits per heavy atom. The van der Waals surface area contributed by atoms with Gasteiger partial charge in [-0.15, -0.1) is 0 Å². The van der Waals surface area contributed by atoms with Crippen molar-refractivity contribution in [1.29, 1.82) is 0 Å². The third-order valence-corrected chi connectivity index (χ3v) is 3.84. The van der Waals surface area contributed by atoms with Gasteiger partial charge in [-0.25, -0.2) is 4.57 Å². The van der Waals surface area contributed by atoms with Crippen molar-refractivity contribution < 1.29 is 9.30 Å². The number of nitrogens with one attached hydrogen (secondary N) is 1. The Labute approximate surface area is 96.2 Å². The van der Waals surface area contributed by atoms with Crippen molar-refractivity contribution in [2.24, 2.45) is 0 Å². The predicted molar refractivity (Wildman–Crippen MR) is 64.0 cm³/mol. The lowest BCUT2D eigenvalue weighted by Crippen LogP contribution is -2.35. The van der Waals surface area contributed by atoms with Crippen LogP contribution >= 0.6 is 11.8 Å². The third kappa shape index (κ3) is 3.87. The minimum Gasteiger partial charge on any atom is -0.380 e. The topological polar surface area (TPSA) is 28.9 Å². The van der Waals surface area contributed by atoms with E-state index in [-0.39, 0.29) is 0 Å². The quantitative estimate of drug-likeness (QED) is 0.723. The molecule has 3 nitrogen and oxygen atoms in total. The average Bonchev–Trinajstić information content (AvgIpc) is 2.77. The summed E-state index contributed by atoms with van der Waals surface area (Å²) in [4.78, 5) is 3.05. The fraction of sp³-hybridized carbons (Fsp3) is 0.727. The monoisotopic (exact) mass is 229 g/mol. The van der Waals surface area contributed by atoms with Crippen LogP contribution in [0.25, 0.3) is 0 Å². The molecule has 2 unspecified atom stereocenters. The van der Waals surface area contributed by atoms with Gasteiger partial charge < -0.3 is 4.74 Å². The lowest BCUT2D eigenvalue weighted by atomic mass is 10.1. The summed E-state index contributed by atoms with van der Waals surface area (Å²) in [5.74, 6) is 0. The van der Waals surface area contributed by atoms with Crippen molar-refractivity contribution in [3.63, 3.8) is 0 Å². The largest absolute Gasteiger partial charge is 0.380 e. The number of thioether (sulfide) groups is 1. The first-order valence-corrected chi connectivity index (χ1v) is 6.68. The molecule has 0 amide bonds. The molecule has 2 atom stereocenters. The molecule has 1 heterocycles.